The number of methoxy groups -OCH3 is 1. The molecule has 0 fully saturated rings. The SMILES string of the molecule is COc1ccc(NC(=O)C(c2ccccc2)N(CC#N)C(=O)CNC(=O)OC(C)(C)C)cc1. The van der Waals surface area contributed by atoms with Crippen molar-refractivity contribution in [2.75, 3.05) is 25.5 Å². The molecule has 9 nitrogen and oxygen atoms in total. The summed E-state index contributed by atoms with van der Waals surface area (Å²) in [6.45, 7) is 4.31. The molecule has 33 heavy (non-hydrogen) atoms. The van der Waals surface area contributed by atoms with E-state index in [0.717, 1.165) is 4.90 Å². The van der Waals surface area contributed by atoms with E-state index < -0.39 is 36.1 Å². The fourth-order valence-electron chi connectivity index (χ4n) is 2.96. The van der Waals surface area contributed by atoms with Gasteiger partial charge in [0.2, 0.25) is 5.91 Å². The van der Waals surface area contributed by atoms with Crippen LogP contribution in [-0.4, -0.2) is 48.6 Å². The van der Waals surface area contributed by atoms with Crippen LogP contribution in [0.1, 0.15) is 32.4 Å². The molecule has 0 aromatic heterocycles. The molecule has 2 aromatic rings. The number of hydrogen-bond donors (Lipinski definition) is 2. The highest BCUT2D eigenvalue weighted by molar-refractivity contribution is 5.98. The minimum absolute atomic E-state index is 0.357. The van der Waals surface area contributed by atoms with Gasteiger partial charge in [-0.3, -0.25) is 9.59 Å². The summed E-state index contributed by atoms with van der Waals surface area (Å²) in [5, 5.41) is 14.5. The van der Waals surface area contributed by atoms with Crippen molar-refractivity contribution in [2.24, 2.45) is 0 Å². The number of nitrogens with zero attached hydrogens (tertiary/aromatic N) is 2. The highest BCUT2D eigenvalue weighted by Crippen LogP contribution is 2.24. The van der Waals surface area contributed by atoms with Crippen LogP contribution in [0, 0.1) is 11.3 Å². The topological polar surface area (TPSA) is 121 Å². The maximum Gasteiger partial charge on any atom is 0.408 e. The molecule has 2 rings (SSSR count). The molecule has 0 bridgehead atoms. The molecule has 2 N–H and O–H groups in total. The quantitative estimate of drug-likeness (QED) is 0.593. The van der Waals surface area contributed by atoms with Gasteiger partial charge in [0.25, 0.3) is 5.91 Å². The number of amides is 3. The standard InChI is InChI=1S/C24H28N4O5/c1-24(2,3)33-23(31)26-16-20(29)28(15-14-25)21(17-8-6-5-7-9-17)22(30)27-18-10-12-19(32-4)13-11-18/h5-13,21H,15-16H2,1-4H3,(H,26,31)(H,27,30). The van der Waals surface area contributed by atoms with E-state index in [1.165, 1.54) is 7.11 Å². The lowest BCUT2D eigenvalue weighted by Gasteiger charge is -2.29. The molecular formula is C24H28N4O5. The average Bonchev–Trinajstić information content (AvgIpc) is 2.77. The predicted molar refractivity (Wildman–Crippen MR) is 122 cm³/mol. The molecular weight excluding hydrogens is 424 g/mol. The summed E-state index contributed by atoms with van der Waals surface area (Å²) in [6.07, 6.45) is -0.772. The van der Waals surface area contributed by atoms with Crippen LogP contribution in [0.25, 0.3) is 0 Å². The van der Waals surface area contributed by atoms with Crippen LogP contribution in [0.4, 0.5) is 10.5 Å². The second-order valence-electron chi connectivity index (χ2n) is 8.07. The fraction of sp³-hybridized carbons (Fsp3) is 0.333. The van der Waals surface area contributed by atoms with Crippen LogP contribution in [-0.2, 0) is 14.3 Å². The van der Waals surface area contributed by atoms with Gasteiger partial charge in [-0.25, -0.2) is 4.79 Å². The third-order valence-electron chi connectivity index (χ3n) is 4.38. The summed E-state index contributed by atoms with van der Waals surface area (Å²) in [5.41, 5.74) is 0.284. The van der Waals surface area contributed by atoms with Gasteiger partial charge in [0, 0.05) is 5.69 Å². The fourth-order valence-corrected chi connectivity index (χ4v) is 2.96. The van der Waals surface area contributed by atoms with E-state index >= 15 is 0 Å². The number of rotatable bonds is 8. The number of carbonyl (C=O) groups excluding carboxylic acids is 3. The lowest BCUT2D eigenvalue weighted by Crippen LogP contribution is -2.46. The number of benzene rings is 2. The lowest BCUT2D eigenvalue weighted by atomic mass is 10.0. The Bertz CT molecular complexity index is 994. The Labute approximate surface area is 193 Å². The summed E-state index contributed by atoms with van der Waals surface area (Å²) in [6, 6.07) is 16.2. The monoisotopic (exact) mass is 452 g/mol. The van der Waals surface area contributed by atoms with E-state index in [9.17, 15) is 19.6 Å². The maximum absolute atomic E-state index is 13.3. The number of alkyl carbamates (subject to hydrolysis) is 1. The maximum atomic E-state index is 13.3. The molecule has 0 radical (unpaired) electrons. The zero-order valence-electron chi connectivity index (χ0n) is 19.1. The van der Waals surface area contributed by atoms with Crippen molar-refractivity contribution < 1.29 is 23.9 Å². The normalized spacial score (nSPS) is 11.5. The molecule has 0 saturated heterocycles. The van der Waals surface area contributed by atoms with Crippen molar-refractivity contribution in [3.05, 3.63) is 60.2 Å². The van der Waals surface area contributed by atoms with E-state index in [1.807, 2.05) is 6.07 Å². The van der Waals surface area contributed by atoms with Crippen LogP contribution in [0.3, 0.4) is 0 Å². The lowest BCUT2D eigenvalue weighted by molar-refractivity contribution is -0.137. The minimum atomic E-state index is -1.10. The van der Waals surface area contributed by atoms with Crippen LogP contribution in [0.2, 0.25) is 0 Å². The molecule has 0 aliphatic carbocycles. The average molecular weight is 453 g/mol. The first-order chi connectivity index (χ1) is 15.6. The first-order valence-corrected chi connectivity index (χ1v) is 10.3. The molecule has 0 spiro atoms. The van der Waals surface area contributed by atoms with Crippen LogP contribution in [0.15, 0.2) is 54.6 Å². The van der Waals surface area contributed by atoms with Gasteiger partial charge in [-0.15, -0.1) is 0 Å². The summed E-state index contributed by atoms with van der Waals surface area (Å²) < 4.78 is 10.3. The second-order valence-corrected chi connectivity index (χ2v) is 8.07. The summed E-state index contributed by atoms with van der Waals surface area (Å²) in [4.78, 5) is 39.3. The van der Waals surface area contributed by atoms with Gasteiger partial charge < -0.3 is 25.0 Å². The Morgan fingerprint density at radius 3 is 2.24 bits per heavy atom. The summed E-state index contributed by atoms with van der Waals surface area (Å²) in [7, 11) is 1.54. The molecule has 2 aromatic carbocycles. The van der Waals surface area contributed by atoms with Gasteiger partial charge in [-0.1, -0.05) is 30.3 Å². The summed E-state index contributed by atoms with van der Waals surface area (Å²) in [5.74, 6) is -0.490. The smallest absolute Gasteiger partial charge is 0.408 e. The molecule has 0 aliphatic heterocycles. The first-order valence-electron chi connectivity index (χ1n) is 10.3. The van der Waals surface area contributed by atoms with Crippen LogP contribution >= 0.6 is 0 Å². The van der Waals surface area contributed by atoms with E-state index in [-0.39, 0.29) is 6.54 Å². The van der Waals surface area contributed by atoms with E-state index in [2.05, 4.69) is 10.6 Å². The minimum Gasteiger partial charge on any atom is -0.497 e. The number of nitrogens with one attached hydrogen (secondary N) is 2. The number of hydrogen-bond acceptors (Lipinski definition) is 6. The number of nitriles is 1. The molecule has 9 heteroatoms. The molecule has 0 heterocycles. The van der Waals surface area contributed by atoms with Crippen molar-refractivity contribution in [2.45, 2.75) is 32.4 Å². The summed E-state index contributed by atoms with van der Waals surface area (Å²) >= 11 is 0. The number of ether oxygens (including phenoxy) is 2. The Balaban J connectivity index is 2.26. The zero-order chi connectivity index (χ0) is 24.4. The molecule has 1 unspecified atom stereocenters. The molecule has 1 atom stereocenters. The predicted octanol–water partition coefficient (Wildman–Crippen LogP) is 3.25. The van der Waals surface area contributed by atoms with Crippen LogP contribution < -0.4 is 15.4 Å². The van der Waals surface area contributed by atoms with Gasteiger partial charge in [0.05, 0.1) is 13.2 Å². The number of anilines is 1. The van der Waals surface area contributed by atoms with E-state index in [4.69, 9.17) is 9.47 Å². The second kappa shape index (κ2) is 11.5. The van der Waals surface area contributed by atoms with E-state index in [1.54, 1.807) is 75.4 Å². The van der Waals surface area contributed by atoms with E-state index in [0.29, 0.717) is 17.0 Å². The largest absolute Gasteiger partial charge is 0.497 e. The Morgan fingerprint density at radius 2 is 1.70 bits per heavy atom. The number of carbonyl (C=O) groups is 3. The third kappa shape index (κ3) is 7.85. The van der Waals surface area contributed by atoms with Gasteiger partial charge in [0.15, 0.2) is 0 Å². The van der Waals surface area contributed by atoms with Crippen LogP contribution in [0.5, 0.6) is 5.75 Å². The highest BCUT2D eigenvalue weighted by atomic mass is 16.6. The Kier molecular flexibility index (Phi) is 8.80. The Morgan fingerprint density at radius 1 is 1.06 bits per heavy atom. The molecule has 0 aliphatic rings. The van der Waals surface area contributed by atoms with Crippen molar-refractivity contribution in [3.63, 3.8) is 0 Å². The molecule has 174 valence electrons. The zero-order valence-corrected chi connectivity index (χ0v) is 19.1. The molecule has 0 saturated carbocycles. The van der Waals surface area contributed by atoms with Crippen molar-refractivity contribution >= 4 is 23.6 Å². The first kappa shape index (κ1) is 25.2. The van der Waals surface area contributed by atoms with Crippen molar-refractivity contribution in [1.29, 1.82) is 5.26 Å². The van der Waals surface area contributed by atoms with Crippen molar-refractivity contribution in [1.82, 2.24) is 10.2 Å². The van der Waals surface area contributed by atoms with Crippen molar-refractivity contribution in [3.8, 4) is 11.8 Å². The van der Waals surface area contributed by atoms with Gasteiger partial charge in [-0.05, 0) is 50.6 Å². The molecule has 3 amide bonds. The van der Waals surface area contributed by atoms with Gasteiger partial charge in [0.1, 0.15) is 30.5 Å². The third-order valence-corrected chi connectivity index (χ3v) is 4.38. The Hall–Kier alpha value is -4.06. The highest BCUT2D eigenvalue weighted by Gasteiger charge is 2.31. The van der Waals surface area contributed by atoms with Gasteiger partial charge in [-0.2, -0.15) is 5.26 Å². The van der Waals surface area contributed by atoms with Gasteiger partial charge >= 0.3 is 6.09 Å².